The molecule has 28 heavy (non-hydrogen) atoms. The first-order valence-corrected chi connectivity index (χ1v) is 10.4. The van der Waals surface area contributed by atoms with Gasteiger partial charge in [0.2, 0.25) is 0 Å². The van der Waals surface area contributed by atoms with Gasteiger partial charge in [-0.15, -0.1) is 0 Å². The molecule has 0 fully saturated rings. The normalized spacial score (nSPS) is 11.5. The Balaban J connectivity index is 2.17. The molecule has 0 saturated heterocycles. The van der Waals surface area contributed by atoms with Crippen LogP contribution in [0.15, 0.2) is 40.3 Å². The Kier molecular flexibility index (Phi) is 7.79. The average molecular weight is 447 g/mol. The average Bonchev–Trinajstić information content (AvgIpc) is 2.66. The fourth-order valence-corrected chi connectivity index (χ4v) is 3.62. The summed E-state index contributed by atoms with van der Waals surface area (Å²) in [7, 11) is -1.02. The molecule has 2 rings (SSSR count). The predicted octanol–water partition coefficient (Wildman–Crippen LogP) is 4.11. The molecule has 0 aliphatic heterocycles. The summed E-state index contributed by atoms with van der Waals surface area (Å²) in [5, 5.41) is 4.39. The number of nitrogens with zero attached hydrogens (tertiary/aromatic N) is 1. The highest BCUT2D eigenvalue weighted by Gasteiger charge is 2.16. The van der Waals surface area contributed by atoms with Crippen LogP contribution < -0.4 is 19.0 Å². The molecule has 0 radical (unpaired) electrons. The Morgan fingerprint density at radius 1 is 1.07 bits per heavy atom. The van der Waals surface area contributed by atoms with Crippen LogP contribution in [0.5, 0.6) is 17.2 Å². The first-order valence-electron chi connectivity index (χ1n) is 8.21. The lowest BCUT2D eigenvalue weighted by Crippen LogP contribution is -2.18. The molecule has 0 bridgehead atoms. The van der Waals surface area contributed by atoms with Crippen molar-refractivity contribution in [3.05, 3.63) is 45.9 Å². The molecule has 0 spiro atoms. The van der Waals surface area contributed by atoms with Gasteiger partial charge in [-0.1, -0.05) is 30.1 Å². The number of ether oxygens (including phenoxy) is 3. The highest BCUT2D eigenvalue weighted by molar-refractivity contribution is 7.89. The Labute approximate surface area is 174 Å². The van der Waals surface area contributed by atoms with Gasteiger partial charge in [0.05, 0.1) is 42.0 Å². The smallest absolute Gasteiger partial charge is 0.276 e. The number of hydrazone groups is 1. The highest BCUT2D eigenvalue weighted by Crippen LogP contribution is 2.34. The van der Waals surface area contributed by atoms with E-state index in [1.165, 1.54) is 38.6 Å². The minimum atomic E-state index is -3.90. The van der Waals surface area contributed by atoms with E-state index >= 15 is 0 Å². The second kappa shape index (κ2) is 9.86. The summed E-state index contributed by atoms with van der Waals surface area (Å²) in [4.78, 5) is 2.10. The summed E-state index contributed by atoms with van der Waals surface area (Å²) in [5.74, 6) is 1.09. The van der Waals surface area contributed by atoms with E-state index in [1.54, 1.807) is 12.1 Å². The van der Waals surface area contributed by atoms with E-state index < -0.39 is 10.0 Å². The third-order valence-electron chi connectivity index (χ3n) is 3.52. The van der Waals surface area contributed by atoms with Gasteiger partial charge in [-0.3, -0.25) is 0 Å². The number of nitrogens with one attached hydrogen (secondary N) is 1. The molecule has 2 aromatic rings. The molecule has 1 N–H and O–H groups in total. The van der Waals surface area contributed by atoms with Crippen molar-refractivity contribution in [1.82, 2.24) is 4.83 Å². The van der Waals surface area contributed by atoms with E-state index in [4.69, 9.17) is 37.4 Å². The second-order valence-electron chi connectivity index (χ2n) is 5.53. The lowest BCUT2D eigenvalue weighted by molar-refractivity contribution is 0.318. The maximum absolute atomic E-state index is 12.4. The van der Waals surface area contributed by atoms with Crippen LogP contribution in [0.4, 0.5) is 0 Å². The van der Waals surface area contributed by atoms with Gasteiger partial charge in [-0.2, -0.15) is 13.5 Å². The zero-order valence-corrected chi connectivity index (χ0v) is 17.9. The molecule has 0 aliphatic rings. The molecule has 152 valence electrons. The molecule has 0 aliphatic carbocycles. The Morgan fingerprint density at radius 2 is 1.71 bits per heavy atom. The third kappa shape index (κ3) is 5.43. The second-order valence-corrected chi connectivity index (χ2v) is 8.01. The Hall–Kier alpha value is -2.16. The molecule has 0 heterocycles. The van der Waals surface area contributed by atoms with Gasteiger partial charge >= 0.3 is 0 Å². The lowest BCUT2D eigenvalue weighted by Gasteiger charge is -2.10. The number of rotatable bonds is 9. The number of sulfonamides is 1. The first kappa shape index (κ1) is 22.1. The number of halogens is 2. The van der Waals surface area contributed by atoms with E-state index in [0.717, 1.165) is 6.42 Å². The van der Waals surface area contributed by atoms with Crippen LogP contribution in [-0.4, -0.2) is 35.5 Å². The molecular weight excluding hydrogens is 427 g/mol. The van der Waals surface area contributed by atoms with Crippen LogP contribution in [0.2, 0.25) is 10.0 Å². The molecular formula is C18H20Cl2N2O5S. The summed E-state index contributed by atoms with van der Waals surface area (Å²) in [6.45, 7) is 2.45. The summed E-state index contributed by atoms with van der Waals surface area (Å²) < 4.78 is 40.5. The van der Waals surface area contributed by atoms with Crippen LogP contribution >= 0.6 is 23.2 Å². The minimum Gasteiger partial charge on any atom is -0.493 e. The third-order valence-corrected chi connectivity index (χ3v) is 5.30. The van der Waals surface area contributed by atoms with E-state index in [1.807, 2.05) is 6.92 Å². The van der Waals surface area contributed by atoms with Crippen LogP contribution in [0, 0.1) is 0 Å². The lowest BCUT2D eigenvalue weighted by atomic mass is 10.2. The van der Waals surface area contributed by atoms with Gasteiger partial charge in [0.1, 0.15) is 0 Å². The molecule has 2 aromatic carbocycles. The van der Waals surface area contributed by atoms with Crippen molar-refractivity contribution in [3.8, 4) is 17.2 Å². The van der Waals surface area contributed by atoms with Crippen molar-refractivity contribution in [2.45, 2.75) is 18.2 Å². The molecule has 0 atom stereocenters. The van der Waals surface area contributed by atoms with Gasteiger partial charge in [0, 0.05) is 6.07 Å². The van der Waals surface area contributed by atoms with Crippen molar-refractivity contribution in [3.63, 3.8) is 0 Å². The van der Waals surface area contributed by atoms with E-state index in [2.05, 4.69) is 9.93 Å². The fourth-order valence-electron chi connectivity index (χ4n) is 2.20. The SMILES string of the molecule is CCCOc1c(Cl)cc(/C=N/NS(=O)(=O)c2ccc(OC)c(OC)c2)cc1Cl. The predicted molar refractivity (Wildman–Crippen MR) is 110 cm³/mol. The maximum atomic E-state index is 12.4. The van der Waals surface area contributed by atoms with Crippen LogP contribution in [0.1, 0.15) is 18.9 Å². The number of hydrogen-bond donors (Lipinski definition) is 1. The molecule has 0 saturated carbocycles. The Bertz CT molecular complexity index is 941. The van der Waals surface area contributed by atoms with E-state index in [-0.39, 0.29) is 10.6 Å². The van der Waals surface area contributed by atoms with Crippen LogP contribution in [-0.2, 0) is 10.0 Å². The van der Waals surface area contributed by atoms with Gasteiger partial charge < -0.3 is 14.2 Å². The van der Waals surface area contributed by atoms with Crippen molar-refractivity contribution >= 4 is 39.4 Å². The maximum Gasteiger partial charge on any atom is 0.276 e. The van der Waals surface area contributed by atoms with Gasteiger partial charge in [0.15, 0.2) is 17.2 Å². The van der Waals surface area contributed by atoms with Crippen LogP contribution in [0.3, 0.4) is 0 Å². The summed E-state index contributed by atoms with van der Waals surface area (Å²) in [6, 6.07) is 7.36. The zero-order chi connectivity index (χ0) is 20.7. The molecule has 10 heteroatoms. The van der Waals surface area contributed by atoms with Gasteiger partial charge in [0.25, 0.3) is 10.0 Å². The van der Waals surface area contributed by atoms with Crippen LogP contribution in [0.25, 0.3) is 0 Å². The monoisotopic (exact) mass is 446 g/mol. The molecule has 0 aromatic heterocycles. The minimum absolute atomic E-state index is 0.0262. The largest absolute Gasteiger partial charge is 0.493 e. The standard InChI is InChI=1S/C18H20Cl2N2O5S/c1-4-7-27-18-14(19)8-12(9-15(18)20)11-21-22-28(23,24)13-5-6-16(25-2)17(10-13)26-3/h5-6,8-11,22H,4,7H2,1-3H3/b21-11+. The van der Waals surface area contributed by atoms with Crippen molar-refractivity contribution in [2.24, 2.45) is 5.10 Å². The van der Waals surface area contributed by atoms with E-state index in [0.29, 0.717) is 33.7 Å². The summed E-state index contributed by atoms with van der Waals surface area (Å²) in [5.41, 5.74) is 0.508. The quantitative estimate of drug-likeness (QED) is 0.462. The van der Waals surface area contributed by atoms with Crippen molar-refractivity contribution in [1.29, 1.82) is 0 Å². The van der Waals surface area contributed by atoms with Crippen molar-refractivity contribution < 1.29 is 22.6 Å². The van der Waals surface area contributed by atoms with Gasteiger partial charge in [-0.25, -0.2) is 4.83 Å². The first-order chi connectivity index (χ1) is 13.3. The van der Waals surface area contributed by atoms with Crippen molar-refractivity contribution in [2.75, 3.05) is 20.8 Å². The zero-order valence-electron chi connectivity index (χ0n) is 15.5. The van der Waals surface area contributed by atoms with E-state index in [9.17, 15) is 8.42 Å². The molecule has 7 nitrogen and oxygen atoms in total. The fraction of sp³-hybridized carbons (Fsp3) is 0.278. The topological polar surface area (TPSA) is 86.2 Å². The summed E-state index contributed by atoms with van der Waals surface area (Å²) in [6.07, 6.45) is 2.10. The number of benzene rings is 2. The van der Waals surface area contributed by atoms with Gasteiger partial charge in [-0.05, 0) is 36.2 Å². The molecule has 0 unspecified atom stereocenters. The summed E-state index contributed by atoms with van der Waals surface area (Å²) >= 11 is 12.3. The number of methoxy groups -OCH3 is 2. The highest BCUT2D eigenvalue weighted by atomic mass is 35.5. The number of hydrogen-bond acceptors (Lipinski definition) is 6. The molecule has 0 amide bonds. The Morgan fingerprint density at radius 3 is 2.29 bits per heavy atom.